The first-order valence-corrected chi connectivity index (χ1v) is 4.40. The van der Waals surface area contributed by atoms with Crippen LogP contribution in [-0.4, -0.2) is 24.0 Å². The molecule has 3 heteroatoms. The number of nitrogens with zero attached hydrogens (tertiary/aromatic N) is 1. The minimum Gasteiger partial charge on any atom is -0.362 e. The fourth-order valence-electron chi connectivity index (χ4n) is 0.812. The average molecular weight is 144 g/mol. The third kappa shape index (κ3) is 1.90. The minimum atomic E-state index is 0.616. The Morgan fingerprint density at radius 3 is 3.00 bits per heavy atom. The van der Waals surface area contributed by atoms with Crippen LogP contribution in [0.5, 0.6) is 0 Å². The molecule has 1 heterocycles. The predicted octanol–water partition coefficient (Wildman–Crippen LogP) is 1.09. The van der Waals surface area contributed by atoms with E-state index in [1.165, 1.54) is 6.42 Å². The molecule has 0 aliphatic carbocycles. The van der Waals surface area contributed by atoms with Crippen LogP contribution in [0.2, 0.25) is 0 Å². The van der Waals surface area contributed by atoms with E-state index in [2.05, 4.69) is 17.2 Å². The molecule has 0 fully saturated rings. The van der Waals surface area contributed by atoms with Gasteiger partial charge in [-0.25, -0.2) is 0 Å². The number of hydrogen-bond donors (Lipinski definition) is 1. The molecule has 0 aromatic carbocycles. The summed E-state index contributed by atoms with van der Waals surface area (Å²) in [6, 6.07) is 0.616. The van der Waals surface area contributed by atoms with Gasteiger partial charge in [-0.05, 0) is 19.6 Å². The number of aliphatic imine (C=N–C) groups is 1. The molecule has 1 atom stereocenters. The first-order chi connectivity index (χ1) is 4.33. The van der Waals surface area contributed by atoms with Crippen molar-refractivity contribution in [3.63, 3.8) is 0 Å². The van der Waals surface area contributed by atoms with Gasteiger partial charge in [0.2, 0.25) is 0 Å². The van der Waals surface area contributed by atoms with Crippen LogP contribution >= 0.6 is 11.8 Å². The Labute approximate surface area is 60.1 Å². The Bertz CT molecular complexity index is 122. The molecule has 0 aromatic heterocycles. The highest BCUT2D eigenvalue weighted by molar-refractivity contribution is 8.13. The normalized spacial score (nSPS) is 26.9. The van der Waals surface area contributed by atoms with Crippen molar-refractivity contribution in [2.75, 3.05) is 12.8 Å². The second-order valence-electron chi connectivity index (χ2n) is 2.23. The molecular formula is C6H12N2S. The molecule has 2 nitrogen and oxygen atoms in total. The quantitative estimate of drug-likeness (QED) is 0.550. The van der Waals surface area contributed by atoms with E-state index in [1.807, 2.05) is 6.26 Å². The van der Waals surface area contributed by atoms with Crippen LogP contribution in [0.1, 0.15) is 13.3 Å². The van der Waals surface area contributed by atoms with E-state index >= 15 is 0 Å². The highest BCUT2D eigenvalue weighted by Crippen LogP contribution is 2.04. The van der Waals surface area contributed by atoms with E-state index in [0.29, 0.717) is 6.04 Å². The molecule has 1 unspecified atom stereocenters. The zero-order valence-corrected chi connectivity index (χ0v) is 6.66. The molecule has 52 valence electrons. The Kier molecular flexibility index (Phi) is 2.39. The third-order valence-electron chi connectivity index (χ3n) is 1.38. The molecule has 1 aliphatic rings. The van der Waals surface area contributed by atoms with Gasteiger partial charge in [0.15, 0.2) is 5.17 Å². The summed E-state index contributed by atoms with van der Waals surface area (Å²) in [5.74, 6) is 0. The van der Waals surface area contributed by atoms with Crippen molar-refractivity contribution in [1.82, 2.24) is 5.32 Å². The second kappa shape index (κ2) is 3.11. The largest absolute Gasteiger partial charge is 0.362 e. The van der Waals surface area contributed by atoms with E-state index in [0.717, 1.165) is 11.7 Å². The standard InChI is InChI=1S/C6H12N2S/c1-5-3-4-7-6(8-5)9-2/h5H,3-4H2,1-2H3,(H,7,8). The maximum atomic E-state index is 4.27. The van der Waals surface area contributed by atoms with Crippen LogP contribution in [0.25, 0.3) is 0 Å². The molecule has 0 spiro atoms. The number of hydrogen-bond acceptors (Lipinski definition) is 3. The summed E-state index contributed by atoms with van der Waals surface area (Å²) in [5, 5.41) is 4.37. The zero-order chi connectivity index (χ0) is 6.69. The van der Waals surface area contributed by atoms with E-state index in [-0.39, 0.29) is 0 Å². The van der Waals surface area contributed by atoms with E-state index in [4.69, 9.17) is 0 Å². The maximum Gasteiger partial charge on any atom is 0.156 e. The lowest BCUT2D eigenvalue weighted by atomic mass is 10.2. The molecule has 1 N–H and O–H groups in total. The smallest absolute Gasteiger partial charge is 0.156 e. The fraction of sp³-hybridized carbons (Fsp3) is 0.833. The van der Waals surface area contributed by atoms with Gasteiger partial charge in [0.25, 0.3) is 0 Å². The van der Waals surface area contributed by atoms with Crippen LogP contribution in [-0.2, 0) is 0 Å². The van der Waals surface area contributed by atoms with Crippen molar-refractivity contribution in [3.05, 3.63) is 0 Å². The van der Waals surface area contributed by atoms with E-state index < -0.39 is 0 Å². The summed E-state index contributed by atoms with van der Waals surface area (Å²) in [5.41, 5.74) is 0. The fourth-order valence-corrected chi connectivity index (χ4v) is 1.35. The summed E-state index contributed by atoms with van der Waals surface area (Å²) >= 11 is 1.69. The zero-order valence-electron chi connectivity index (χ0n) is 5.85. The van der Waals surface area contributed by atoms with Crippen LogP contribution in [0.15, 0.2) is 4.99 Å². The van der Waals surface area contributed by atoms with Crippen LogP contribution in [0.4, 0.5) is 0 Å². The highest BCUT2D eigenvalue weighted by Gasteiger charge is 2.08. The molecular weight excluding hydrogens is 132 g/mol. The topological polar surface area (TPSA) is 24.4 Å². The summed E-state index contributed by atoms with van der Waals surface area (Å²) in [6.45, 7) is 3.18. The Hall–Kier alpha value is -0.180. The summed E-state index contributed by atoms with van der Waals surface area (Å²) in [4.78, 5) is 4.27. The Morgan fingerprint density at radius 2 is 2.56 bits per heavy atom. The molecule has 0 radical (unpaired) electrons. The van der Waals surface area contributed by atoms with E-state index in [1.54, 1.807) is 11.8 Å². The SMILES string of the molecule is CSC1=NCCC(C)N1. The van der Waals surface area contributed by atoms with Crippen molar-refractivity contribution in [2.45, 2.75) is 19.4 Å². The highest BCUT2D eigenvalue weighted by atomic mass is 32.2. The summed E-state index contributed by atoms with van der Waals surface area (Å²) in [6.07, 6.45) is 3.22. The lowest BCUT2D eigenvalue weighted by Gasteiger charge is -2.19. The van der Waals surface area contributed by atoms with Crippen molar-refractivity contribution < 1.29 is 0 Å². The first kappa shape index (κ1) is 6.93. The molecule has 0 bridgehead atoms. The lowest BCUT2D eigenvalue weighted by molar-refractivity contribution is 0.594. The summed E-state index contributed by atoms with van der Waals surface area (Å²) < 4.78 is 0. The molecule has 9 heavy (non-hydrogen) atoms. The first-order valence-electron chi connectivity index (χ1n) is 3.18. The lowest BCUT2D eigenvalue weighted by Crippen LogP contribution is -2.34. The monoisotopic (exact) mass is 144 g/mol. The van der Waals surface area contributed by atoms with Gasteiger partial charge in [0, 0.05) is 12.6 Å². The summed E-state index contributed by atoms with van der Waals surface area (Å²) in [7, 11) is 0. The molecule has 0 saturated heterocycles. The molecule has 0 aromatic rings. The van der Waals surface area contributed by atoms with Gasteiger partial charge in [-0.3, -0.25) is 4.99 Å². The number of rotatable bonds is 0. The van der Waals surface area contributed by atoms with Crippen molar-refractivity contribution in [3.8, 4) is 0 Å². The molecule has 0 amide bonds. The number of amidine groups is 1. The molecule has 0 saturated carbocycles. The maximum absolute atomic E-state index is 4.27. The predicted molar refractivity (Wildman–Crippen MR) is 43.0 cm³/mol. The Balaban J connectivity index is 2.43. The minimum absolute atomic E-state index is 0.616. The van der Waals surface area contributed by atoms with Crippen molar-refractivity contribution >= 4 is 16.9 Å². The van der Waals surface area contributed by atoms with Gasteiger partial charge >= 0.3 is 0 Å². The van der Waals surface area contributed by atoms with Gasteiger partial charge in [0.1, 0.15) is 0 Å². The van der Waals surface area contributed by atoms with Crippen LogP contribution < -0.4 is 5.32 Å². The van der Waals surface area contributed by atoms with Gasteiger partial charge in [-0.1, -0.05) is 11.8 Å². The Morgan fingerprint density at radius 1 is 1.78 bits per heavy atom. The second-order valence-corrected chi connectivity index (χ2v) is 3.02. The van der Waals surface area contributed by atoms with Crippen molar-refractivity contribution in [1.29, 1.82) is 0 Å². The molecule has 1 aliphatic heterocycles. The van der Waals surface area contributed by atoms with Gasteiger partial charge in [-0.15, -0.1) is 0 Å². The molecule has 1 rings (SSSR count). The third-order valence-corrected chi connectivity index (χ3v) is 2.01. The number of thioether (sulfide) groups is 1. The van der Waals surface area contributed by atoms with Crippen LogP contribution in [0.3, 0.4) is 0 Å². The average Bonchev–Trinajstić information content (AvgIpc) is 1.88. The van der Waals surface area contributed by atoms with Gasteiger partial charge < -0.3 is 5.32 Å². The van der Waals surface area contributed by atoms with Gasteiger partial charge in [0.05, 0.1) is 0 Å². The van der Waals surface area contributed by atoms with Crippen molar-refractivity contribution in [2.24, 2.45) is 4.99 Å². The van der Waals surface area contributed by atoms with E-state index in [9.17, 15) is 0 Å². The van der Waals surface area contributed by atoms with Gasteiger partial charge in [-0.2, -0.15) is 0 Å². The number of nitrogens with one attached hydrogen (secondary N) is 1. The van der Waals surface area contributed by atoms with Crippen LogP contribution in [0, 0.1) is 0 Å².